The molecular formula is C15H17NO2. The Morgan fingerprint density at radius 2 is 2.00 bits per heavy atom. The summed E-state index contributed by atoms with van der Waals surface area (Å²) in [4.78, 5) is 15.8. The van der Waals surface area contributed by atoms with E-state index in [4.69, 9.17) is 0 Å². The molecule has 1 N–H and O–H groups in total. The van der Waals surface area contributed by atoms with Crippen molar-refractivity contribution < 1.29 is 9.90 Å². The van der Waals surface area contributed by atoms with Gasteiger partial charge in [0.2, 0.25) is 0 Å². The molecule has 2 rings (SSSR count). The molecule has 1 aromatic carbocycles. The van der Waals surface area contributed by atoms with Gasteiger partial charge < -0.3 is 5.11 Å². The van der Waals surface area contributed by atoms with Gasteiger partial charge >= 0.3 is 5.97 Å². The van der Waals surface area contributed by atoms with E-state index in [1.165, 1.54) is 0 Å². The van der Waals surface area contributed by atoms with Crippen LogP contribution in [-0.2, 0) is 11.2 Å². The first kappa shape index (κ1) is 12.6. The van der Waals surface area contributed by atoms with Crippen molar-refractivity contribution in [2.75, 3.05) is 0 Å². The lowest BCUT2D eigenvalue weighted by Crippen LogP contribution is -2.29. The maximum Gasteiger partial charge on any atom is 0.309 e. The fraction of sp³-hybridized carbons (Fsp3) is 0.333. The molecule has 0 saturated carbocycles. The van der Waals surface area contributed by atoms with Crippen LogP contribution in [0.4, 0.5) is 0 Å². The lowest BCUT2D eigenvalue weighted by molar-refractivity contribution is -0.148. The molecule has 0 fully saturated rings. The van der Waals surface area contributed by atoms with Crippen molar-refractivity contribution in [2.45, 2.75) is 26.7 Å². The van der Waals surface area contributed by atoms with E-state index in [1.807, 2.05) is 43.3 Å². The van der Waals surface area contributed by atoms with Crippen molar-refractivity contribution in [3.8, 4) is 0 Å². The zero-order chi connectivity index (χ0) is 13.2. The van der Waals surface area contributed by atoms with Gasteiger partial charge in [-0.2, -0.15) is 0 Å². The largest absolute Gasteiger partial charge is 0.481 e. The molecule has 0 aliphatic rings. The van der Waals surface area contributed by atoms with Crippen LogP contribution in [0.5, 0.6) is 0 Å². The van der Waals surface area contributed by atoms with Crippen LogP contribution in [0.2, 0.25) is 0 Å². The number of fused-ring (bicyclic) bond motifs is 1. The molecule has 1 aromatic heterocycles. The van der Waals surface area contributed by atoms with Gasteiger partial charge in [-0.15, -0.1) is 0 Å². The maximum absolute atomic E-state index is 11.3. The minimum absolute atomic E-state index is 0.462. The van der Waals surface area contributed by atoms with E-state index in [-0.39, 0.29) is 0 Å². The zero-order valence-electron chi connectivity index (χ0n) is 10.7. The van der Waals surface area contributed by atoms with Crippen molar-refractivity contribution in [1.82, 2.24) is 4.98 Å². The normalized spacial score (nSPS) is 14.3. The number of hydrogen-bond acceptors (Lipinski definition) is 2. The van der Waals surface area contributed by atoms with E-state index in [0.29, 0.717) is 12.8 Å². The summed E-state index contributed by atoms with van der Waals surface area (Å²) >= 11 is 0. The van der Waals surface area contributed by atoms with E-state index in [0.717, 1.165) is 16.6 Å². The average molecular weight is 243 g/mol. The molecule has 1 atom stereocenters. The summed E-state index contributed by atoms with van der Waals surface area (Å²) in [5.41, 5.74) is 1.01. The van der Waals surface area contributed by atoms with Crippen molar-refractivity contribution >= 4 is 16.9 Å². The summed E-state index contributed by atoms with van der Waals surface area (Å²) < 4.78 is 0. The molecule has 94 valence electrons. The van der Waals surface area contributed by atoms with Crippen LogP contribution < -0.4 is 0 Å². The molecule has 0 saturated heterocycles. The van der Waals surface area contributed by atoms with Gasteiger partial charge in [-0.25, -0.2) is 0 Å². The molecule has 0 amide bonds. The molecule has 0 spiro atoms. The first-order valence-corrected chi connectivity index (χ1v) is 6.13. The van der Waals surface area contributed by atoms with Gasteiger partial charge in [-0.1, -0.05) is 31.2 Å². The third-order valence-corrected chi connectivity index (χ3v) is 3.52. The second-order valence-electron chi connectivity index (χ2n) is 4.89. The van der Waals surface area contributed by atoms with E-state index in [1.54, 1.807) is 6.92 Å². The predicted molar refractivity (Wildman–Crippen MR) is 71.5 cm³/mol. The molecule has 1 heterocycles. The Bertz CT molecular complexity index is 579. The van der Waals surface area contributed by atoms with Crippen LogP contribution >= 0.6 is 0 Å². The van der Waals surface area contributed by atoms with Crippen LogP contribution in [0.3, 0.4) is 0 Å². The van der Waals surface area contributed by atoms with Crippen molar-refractivity contribution in [2.24, 2.45) is 5.41 Å². The number of carboxylic acid groups (broad SMARTS) is 1. The van der Waals surface area contributed by atoms with Crippen molar-refractivity contribution in [3.63, 3.8) is 0 Å². The Kier molecular flexibility index (Phi) is 3.32. The monoisotopic (exact) mass is 243 g/mol. The predicted octanol–water partition coefficient (Wildman–Crippen LogP) is 3.28. The minimum Gasteiger partial charge on any atom is -0.481 e. The number of aliphatic carboxylic acids is 1. The summed E-state index contributed by atoms with van der Waals surface area (Å²) in [5, 5.41) is 10.4. The first-order valence-electron chi connectivity index (χ1n) is 6.13. The van der Waals surface area contributed by atoms with Gasteiger partial charge in [0, 0.05) is 17.5 Å². The van der Waals surface area contributed by atoms with Gasteiger partial charge in [-0.3, -0.25) is 9.78 Å². The number of pyridine rings is 1. The number of carboxylic acids is 1. The lowest BCUT2D eigenvalue weighted by Gasteiger charge is -2.22. The SMILES string of the molecule is CCC(C)(Cc1ccc2ccccc2n1)C(=O)O. The average Bonchev–Trinajstić information content (AvgIpc) is 2.38. The number of benzene rings is 1. The van der Waals surface area contributed by atoms with Crippen molar-refractivity contribution in [3.05, 3.63) is 42.1 Å². The number of aromatic nitrogens is 1. The molecule has 0 radical (unpaired) electrons. The fourth-order valence-corrected chi connectivity index (χ4v) is 1.96. The highest BCUT2D eigenvalue weighted by molar-refractivity contribution is 5.79. The van der Waals surface area contributed by atoms with Crippen LogP contribution in [-0.4, -0.2) is 16.1 Å². The molecule has 18 heavy (non-hydrogen) atoms. The topological polar surface area (TPSA) is 50.2 Å². The highest BCUT2D eigenvalue weighted by Gasteiger charge is 2.31. The Morgan fingerprint density at radius 1 is 1.28 bits per heavy atom. The van der Waals surface area contributed by atoms with Gasteiger partial charge in [0.1, 0.15) is 0 Å². The number of nitrogens with zero attached hydrogens (tertiary/aromatic N) is 1. The maximum atomic E-state index is 11.3. The molecule has 2 aromatic rings. The second kappa shape index (κ2) is 4.77. The highest BCUT2D eigenvalue weighted by Crippen LogP contribution is 2.26. The summed E-state index contributed by atoms with van der Waals surface area (Å²) in [6, 6.07) is 11.8. The van der Waals surface area contributed by atoms with Crippen LogP contribution in [0.1, 0.15) is 26.0 Å². The number of para-hydroxylation sites is 1. The summed E-state index contributed by atoms with van der Waals surface area (Å²) in [6.45, 7) is 3.67. The fourth-order valence-electron chi connectivity index (χ4n) is 1.96. The zero-order valence-corrected chi connectivity index (χ0v) is 10.7. The standard InChI is InChI=1S/C15H17NO2/c1-3-15(2,14(17)18)10-12-9-8-11-6-4-5-7-13(11)16-12/h4-9H,3,10H2,1-2H3,(H,17,18). The lowest BCUT2D eigenvalue weighted by atomic mass is 9.83. The Balaban J connectivity index is 2.34. The summed E-state index contributed by atoms with van der Waals surface area (Å²) in [6.07, 6.45) is 1.06. The summed E-state index contributed by atoms with van der Waals surface area (Å²) in [5.74, 6) is -0.764. The van der Waals surface area contributed by atoms with Crippen molar-refractivity contribution in [1.29, 1.82) is 0 Å². The molecule has 1 unspecified atom stereocenters. The smallest absolute Gasteiger partial charge is 0.309 e. The van der Waals surface area contributed by atoms with Crippen LogP contribution in [0.25, 0.3) is 10.9 Å². The summed E-state index contributed by atoms with van der Waals surface area (Å²) in [7, 11) is 0. The van der Waals surface area contributed by atoms with E-state index in [9.17, 15) is 9.90 Å². The molecular weight excluding hydrogens is 226 g/mol. The Morgan fingerprint density at radius 3 is 2.67 bits per heavy atom. The minimum atomic E-state index is -0.764. The molecule has 3 heteroatoms. The molecule has 0 aliphatic carbocycles. The third kappa shape index (κ3) is 2.35. The van der Waals surface area contributed by atoms with E-state index < -0.39 is 11.4 Å². The number of rotatable bonds is 4. The first-order chi connectivity index (χ1) is 8.55. The second-order valence-corrected chi connectivity index (χ2v) is 4.89. The molecule has 0 bridgehead atoms. The van der Waals surface area contributed by atoms with Gasteiger partial charge in [0.15, 0.2) is 0 Å². The Labute approximate surface area is 106 Å². The number of carbonyl (C=O) groups is 1. The quantitative estimate of drug-likeness (QED) is 0.896. The third-order valence-electron chi connectivity index (χ3n) is 3.52. The van der Waals surface area contributed by atoms with Gasteiger partial charge in [0.05, 0.1) is 10.9 Å². The van der Waals surface area contributed by atoms with Crippen LogP contribution in [0, 0.1) is 5.41 Å². The highest BCUT2D eigenvalue weighted by atomic mass is 16.4. The van der Waals surface area contributed by atoms with Crippen LogP contribution in [0.15, 0.2) is 36.4 Å². The molecule has 3 nitrogen and oxygen atoms in total. The molecule has 0 aliphatic heterocycles. The Hall–Kier alpha value is -1.90. The van der Waals surface area contributed by atoms with Gasteiger partial charge in [-0.05, 0) is 25.5 Å². The van der Waals surface area contributed by atoms with E-state index >= 15 is 0 Å². The van der Waals surface area contributed by atoms with E-state index in [2.05, 4.69) is 4.98 Å². The van der Waals surface area contributed by atoms with Gasteiger partial charge in [0.25, 0.3) is 0 Å². The number of hydrogen-bond donors (Lipinski definition) is 1.